The molecule has 0 aromatic rings. The van der Waals surface area contributed by atoms with Gasteiger partial charge in [-0.2, -0.15) is 0 Å². The molecule has 0 saturated carbocycles. The fraction of sp³-hybridized carbons (Fsp3) is 0.933. The number of nitrogens with one attached hydrogen (secondary N) is 1. The molecule has 2 unspecified atom stereocenters. The Morgan fingerprint density at radius 3 is 2.33 bits per heavy atom. The molecule has 2 fully saturated rings. The molecule has 0 aliphatic carbocycles. The summed E-state index contributed by atoms with van der Waals surface area (Å²) < 4.78 is 10.7. The number of nitrogens with two attached hydrogens (primary N) is 1. The Morgan fingerprint density at radius 1 is 1.19 bits per heavy atom. The van der Waals surface area contributed by atoms with E-state index in [0.717, 1.165) is 26.3 Å². The van der Waals surface area contributed by atoms with Crippen molar-refractivity contribution in [2.45, 2.75) is 38.8 Å². The van der Waals surface area contributed by atoms with Crippen LogP contribution in [-0.4, -0.2) is 69.0 Å². The molecule has 2 aliphatic rings. The minimum Gasteiger partial charge on any atom is -0.381 e. The predicted molar refractivity (Wildman–Crippen MR) is 81.0 cm³/mol. The van der Waals surface area contributed by atoms with Gasteiger partial charge in [-0.05, 0) is 26.7 Å². The number of rotatable bonds is 5. The molecule has 0 spiro atoms. The predicted octanol–water partition coefficient (Wildman–Crippen LogP) is -0.0327. The lowest BCUT2D eigenvalue weighted by Crippen LogP contribution is -2.56. The second kappa shape index (κ2) is 7.54. The SMILES string of the molecule is CC(NC(=O)C1(CN)CCOCC1)C(C)N1CCOCC1. The lowest BCUT2D eigenvalue weighted by Gasteiger charge is -2.39. The molecular weight excluding hydrogens is 270 g/mol. The zero-order valence-corrected chi connectivity index (χ0v) is 13.3. The quantitative estimate of drug-likeness (QED) is 0.745. The maximum atomic E-state index is 12.7. The van der Waals surface area contributed by atoms with E-state index in [1.165, 1.54) is 0 Å². The fourth-order valence-electron chi connectivity index (χ4n) is 3.07. The molecule has 122 valence electrons. The van der Waals surface area contributed by atoms with E-state index in [4.69, 9.17) is 15.2 Å². The zero-order chi connectivity index (χ0) is 15.3. The van der Waals surface area contributed by atoms with Crippen LogP contribution < -0.4 is 11.1 Å². The van der Waals surface area contributed by atoms with Crippen molar-refractivity contribution in [2.24, 2.45) is 11.1 Å². The maximum absolute atomic E-state index is 12.7. The number of carbonyl (C=O) groups is 1. The Kier molecular flexibility index (Phi) is 5.98. The second-order valence-corrected chi connectivity index (χ2v) is 6.25. The summed E-state index contributed by atoms with van der Waals surface area (Å²) >= 11 is 0. The summed E-state index contributed by atoms with van der Waals surface area (Å²) in [5.41, 5.74) is 5.44. The van der Waals surface area contributed by atoms with Crippen LogP contribution in [0.15, 0.2) is 0 Å². The van der Waals surface area contributed by atoms with Crippen molar-refractivity contribution in [1.82, 2.24) is 10.2 Å². The Morgan fingerprint density at radius 2 is 1.76 bits per heavy atom. The number of hydrogen-bond acceptors (Lipinski definition) is 5. The van der Waals surface area contributed by atoms with Gasteiger partial charge in [0.05, 0.1) is 18.6 Å². The largest absolute Gasteiger partial charge is 0.381 e. The molecule has 2 rings (SSSR count). The van der Waals surface area contributed by atoms with Gasteiger partial charge in [-0.25, -0.2) is 0 Å². The smallest absolute Gasteiger partial charge is 0.227 e. The number of morpholine rings is 1. The van der Waals surface area contributed by atoms with Crippen molar-refractivity contribution in [3.8, 4) is 0 Å². The average Bonchev–Trinajstić information content (AvgIpc) is 2.55. The molecule has 2 heterocycles. The highest BCUT2D eigenvalue weighted by Crippen LogP contribution is 2.29. The van der Waals surface area contributed by atoms with Crippen LogP contribution in [0.2, 0.25) is 0 Å². The summed E-state index contributed by atoms with van der Waals surface area (Å²) in [5.74, 6) is 0.0842. The Labute approximate surface area is 127 Å². The third-order valence-corrected chi connectivity index (χ3v) is 5.03. The molecule has 21 heavy (non-hydrogen) atoms. The van der Waals surface area contributed by atoms with E-state index in [-0.39, 0.29) is 11.9 Å². The van der Waals surface area contributed by atoms with Crippen LogP contribution in [0, 0.1) is 5.41 Å². The van der Waals surface area contributed by atoms with Crippen molar-refractivity contribution in [2.75, 3.05) is 46.1 Å². The third-order valence-electron chi connectivity index (χ3n) is 5.03. The number of hydrogen-bond donors (Lipinski definition) is 2. The first kappa shape index (κ1) is 16.7. The standard InChI is InChI=1S/C15H29N3O3/c1-12(13(2)18-5-9-21-10-6-18)17-14(19)15(11-16)3-7-20-8-4-15/h12-13H,3-11,16H2,1-2H3,(H,17,19). The van der Waals surface area contributed by atoms with Gasteiger partial charge in [-0.15, -0.1) is 0 Å². The molecule has 0 aromatic heterocycles. The highest BCUT2D eigenvalue weighted by atomic mass is 16.5. The summed E-state index contributed by atoms with van der Waals surface area (Å²) in [6.07, 6.45) is 1.43. The van der Waals surface area contributed by atoms with Crippen LogP contribution in [0.25, 0.3) is 0 Å². The van der Waals surface area contributed by atoms with Crippen molar-refractivity contribution < 1.29 is 14.3 Å². The van der Waals surface area contributed by atoms with Gasteiger partial charge < -0.3 is 20.5 Å². The van der Waals surface area contributed by atoms with Crippen molar-refractivity contribution in [3.05, 3.63) is 0 Å². The molecule has 0 bridgehead atoms. The Bertz CT molecular complexity index is 339. The first-order valence-corrected chi connectivity index (χ1v) is 8.00. The van der Waals surface area contributed by atoms with Crippen LogP contribution >= 0.6 is 0 Å². The molecule has 2 aliphatic heterocycles. The van der Waals surface area contributed by atoms with Crippen LogP contribution in [0.5, 0.6) is 0 Å². The van der Waals surface area contributed by atoms with Gasteiger partial charge in [0, 0.05) is 44.9 Å². The van der Waals surface area contributed by atoms with E-state index in [9.17, 15) is 4.79 Å². The monoisotopic (exact) mass is 299 g/mol. The minimum absolute atomic E-state index is 0.0842. The van der Waals surface area contributed by atoms with Gasteiger partial charge in [0.1, 0.15) is 0 Å². The molecule has 3 N–H and O–H groups in total. The van der Waals surface area contributed by atoms with E-state index >= 15 is 0 Å². The first-order valence-electron chi connectivity index (χ1n) is 8.00. The summed E-state index contributed by atoms with van der Waals surface area (Å²) in [7, 11) is 0. The number of ether oxygens (including phenoxy) is 2. The van der Waals surface area contributed by atoms with E-state index in [2.05, 4.69) is 24.1 Å². The third kappa shape index (κ3) is 3.94. The molecule has 0 aromatic carbocycles. The van der Waals surface area contributed by atoms with E-state index < -0.39 is 5.41 Å². The molecule has 0 radical (unpaired) electrons. The molecule has 1 amide bonds. The van der Waals surface area contributed by atoms with Crippen molar-refractivity contribution in [1.29, 1.82) is 0 Å². The van der Waals surface area contributed by atoms with Gasteiger partial charge >= 0.3 is 0 Å². The highest BCUT2D eigenvalue weighted by Gasteiger charge is 2.39. The van der Waals surface area contributed by atoms with Crippen LogP contribution in [0.4, 0.5) is 0 Å². The lowest BCUT2D eigenvalue weighted by molar-refractivity contribution is -0.137. The van der Waals surface area contributed by atoms with Gasteiger partial charge in [-0.3, -0.25) is 9.69 Å². The Balaban J connectivity index is 1.90. The Hall–Kier alpha value is -0.690. The summed E-state index contributed by atoms with van der Waals surface area (Å²) in [6, 6.07) is 0.398. The zero-order valence-electron chi connectivity index (χ0n) is 13.3. The van der Waals surface area contributed by atoms with Crippen LogP contribution in [0.1, 0.15) is 26.7 Å². The minimum atomic E-state index is -0.447. The highest BCUT2D eigenvalue weighted by molar-refractivity contribution is 5.83. The van der Waals surface area contributed by atoms with E-state index in [0.29, 0.717) is 38.6 Å². The topological polar surface area (TPSA) is 76.8 Å². The fourth-order valence-corrected chi connectivity index (χ4v) is 3.07. The van der Waals surface area contributed by atoms with Crippen molar-refractivity contribution >= 4 is 5.91 Å². The van der Waals surface area contributed by atoms with E-state index in [1.54, 1.807) is 0 Å². The van der Waals surface area contributed by atoms with E-state index in [1.807, 2.05) is 0 Å². The molecule has 2 saturated heterocycles. The van der Waals surface area contributed by atoms with Gasteiger partial charge in [0.25, 0.3) is 0 Å². The average molecular weight is 299 g/mol. The molecule has 6 nitrogen and oxygen atoms in total. The number of carbonyl (C=O) groups excluding carboxylic acids is 1. The number of nitrogens with zero attached hydrogens (tertiary/aromatic N) is 1. The summed E-state index contributed by atoms with van der Waals surface area (Å²) in [5, 5.41) is 3.18. The normalized spacial score (nSPS) is 26.0. The van der Waals surface area contributed by atoms with Crippen LogP contribution in [0.3, 0.4) is 0 Å². The van der Waals surface area contributed by atoms with Crippen molar-refractivity contribution in [3.63, 3.8) is 0 Å². The maximum Gasteiger partial charge on any atom is 0.227 e. The summed E-state index contributed by atoms with van der Waals surface area (Å²) in [6.45, 7) is 9.27. The lowest BCUT2D eigenvalue weighted by atomic mass is 9.79. The molecule has 6 heteroatoms. The van der Waals surface area contributed by atoms with Crippen LogP contribution in [-0.2, 0) is 14.3 Å². The molecule has 2 atom stereocenters. The summed E-state index contributed by atoms with van der Waals surface area (Å²) in [4.78, 5) is 15.0. The second-order valence-electron chi connectivity index (χ2n) is 6.25. The van der Waals surface area contributed by atoms with Gasteiger partial charge in [0.15, 0.2) is 0 Å². The first-order chi connectivity index (χ1) is 10.1. The molecular formula is C15H29N3O3. The van der Waals surface area contributed by atoms with Gasteiger partial charge in [0.2, 0.25) is 5.91 Å². The van der Waals surface area contributed by atoms with Gasteiger partial charge in [-0.1, -0.05) is 0 Å². The number of amides is 1.